The Morgan fingerprint density at radius 3 is 2.73 bits per heavy atom. The zero-order valence-electron chi connectivity index (χ0n) is 7.87. The number of ether oxygens (including phenoxy) is 1. The molecule has 0 atom stereocenters. The number of aromatic carboxylic acids is 1. The van der Waals surface area contributed by atoms with Crippen LogP contribution in [0, 0.1) is 0 Å². The van der Waals surface area contributed by atoms with E-state index >= 15 is 0 Å². The predicted octanol–water partition coefficient (Wildman–Crippen LogP) is 2.25. The second kappa shape index (κ2) is 4.84. The lowest BCUT2D eigenvalue weighted by atomic mass is 10.2. The number of hydrogen-bond acceptors (Lipinski definition) is 3. The highest BCUT2D eigenvalue weighted by atomic mass is 79.9. The number of nitrogens with two attached hydrogens (primary N) is 1. The number of rotatable bonds is 4. The molecule has 1 aromatic carbocycles. The molecule has 0 bridgehead atoms. The van der Waals surface area contributed by atoms with Gasteiger partial charge in [-0.1, -0.05) is 22.5 Å². The lowest BCUT2D eigenvalue weighted by Gasteiger charge is -2.08. The summed E-state index contributed by atoms with van der Waals surface area (Å²) in [6, 6.07) is 4.31. The highest BCUT2D eigenvalue weighted by Crippen LogP contribution is 2.23. The minimum absolute atomic E-state index is 0.137. The Morgan fingerprint density at radius 1 is 1.60 bits per heavy atom. The lowest BCUT2D eigenvalue weighted by Crippen LogP contribution is -2.02. The fourth-order valence-corrected chi connectivity index (χ4v) is 1.08. The Morgan fingerprint density at radius 2 is 2.27 bits per heavy atom. The first-order valence-electron chi connectivity index (χ1n) is 4.09. The quantitative estimate of drug-likeness (QED) is 0.824. The van der Waals surface area contributed by atoms with Gasteiger partial charge in [-0.3, -0.25) is 0 Å². The van der Waals surface area contributed by atoms with Crippen LogP contribution < -0.4 is 10.5 Å². The third-order valence-electron chi connectivity index (χ3n) is 1.64. The van der Waals surface area contributed by atoms with E-state index < -0.39 is 5.97 Å². The van der Waals surface area contributed by atoms with Gasteiger partial charge in [0, 0.05) is 4.48 Å². The van der Waals surface area contributed by atoms with Crippen molar-refractivity contribution in [3.63, 3.8) is 0 Å². The number of halogens is 1. The van der Waals surface area contributed by atoms with E-state index in [9.17, 15) is 4.79 Å². The maximum absolute atomic E-state index is 10.6. The summed E-state index contributed by atoms with van der Waals surface area (Å²) in [6.07, 6.45) is 0. The summed E-state index contributed by atoms with van der Waals surface area (Å²) in [4.78, 5) is 10.6. The molecule has 0 radical (unpaired) electrons. The van der Waals surface area contributed by atoms with Crippen LogP contribution in [-0.4, -0.2) is 17.7 Å². The summed E-state index contributed by atoms with van der Waals surface area (Å²) in [5.41, 5.74) is 6.04. The molecule has 3 N–H and O–H groups in total. The Hall–Kier alpha value is -1.49. The number of nitrogen functional groups attached to an aromatic ring is 1. The Balaban J connectivity index is 2.83. The summed E-state index contributed by atoms with van der Waals surface area (Å²) in [5.74, 6) is -0.571. The zero-order valence-corrected chi connectivity index (χ0v) is 9.45. The summed E-state index contributed by atoms with van der Waals surface area (Å²) in [7, 11) is 0. The summed E-state index contributed by atoms with van der Waals surface area (Å²) < 4.78 is 5.95. The van der Waals surface area contributed by atoms with E-state index in [1.807, 2.05) is 0 Å². The topological polar surface area (TPSA) is 72.5 Å². The van der Waals surface area contributed by atoms with Crippen LogP contribution in [0.1, 0.15) is 10.4 Å². The van der Waals surface area contributed by atoms with E-state index in [4.69, 9.17) is 15.6 Å². The van der Waals surface area contributed by atoms with Crippen LogP contribution >= 0.6 is 15.9 Å². The average molecular weight is 272 g/mol. The largest absolute Gasteiger partial charge is 0.486 e. The van der Waals surface area contributed by atoms with Gasteiger partial charge in [0.2, 0.25) is 0 Å². The van der Waals surface area contributed by atoms with E-state index in [0.717, 1.165) is 0 Å². The monoisotopic (exact) mass is 271 g/mol. The molecule has 0 amide bonds. The second-order valence-corrected chi connectivity index (χ2v) is 3.99. The van der Waals surface area contributed by atoms with E-state index in [0.29, 0.717) is 15.9 Å². The number of anilines is 1. The Kier molecular flexibility index (Phi) is 3.74. The Labute approximate surface area is 95.5 Å². The average Bonchev–Trinajstić information content (AvgIpc) is 2.15. The molecule has 0 saturated carbocycles. The number of benzene rings is 1. The molecule has 15 heavy (non-hydrogen) atoms. The molecule has 5 heteroatoms. The molecule has 0 aliphatic heterocycles. The van der Waals surface area contributed by atoms with Crippen molar-refractivity contribution in [2.24, 2.45) is 0 Å². The van der Waals surface area contributed by atoms with Crippen LogP contribution in [0.2, 0.25) is 0 Å². The number of carbonyl (C=O) groups is 1. The number of hydrogen-bond donors (Lipinski definition) is 2. The molecular weight excluding hydrogens is 262 g/mol. The second-order valence-electron chi connectivity index (χ2n) is 2.86. The molecule has 1 rings (SSSR count). The van der Waals surface area contributed by atoms with Crippen LogP contribution in [0.15, 0.2) is 29.3 Å². The van der Waals surface area contributed by atoms with E-state index in [1.54, 1.807) is 0 Å². The summed E-state index contributed by atoms with van der Waals surface area (Å²) >= 11 is 3.14. The molecule has 0 aliphatic rings. The molecule has 0 aliphatic carbocycles. The molecule has 0 heterocycles. The minimum Gasteiger partial charge on any atom is -0.486 e. The van der Waals surface area contributed by atoms with Crippen molar-refractivity contribution in [2.75, 3.05) is 12.3 Å². The molecule has 0 fully saturated rings. The van der Waals surface area contributed by atoms with Gasteiger partial charge in [-0.25, -0.2) is 4.79 Å². The van der Waals surface area contributed by atoms with Gasteiger partial charge in [-0.05, 0) is 18.2 Å². The fourth-order valence-electron chi connectivity index (χ4n) is 0.969. The van der Waals surface area contributed by atoms with Gasteiger partial charge in [0.15, 0.2) is 0 Å². The van der Waals surface area contributed by atoms with E-state index in [1.165, 1.54) is 18.2 Å². The van der Waals surface area contributed by atoms with Crippen molar-refractivity contribution in [3.05, 3.63) is 34.8 Å². The van der Waals surface area contributed by atoms with Crippen LogP contribution in [0.5, 0.6) is 5.75 Å². The molecule has 0 spiro atoms. The Bertz CT molecular complexity index is 404. The van der Waals surface area contributed by atoms with Crippen molar-refractivity contribution < 1.29 is 14.6 Å². The van der Waals surface area contributed by atoms with Gasteiger partial charge >= 0.3 is 5.97 Å². The normalized spacial score (nSPS) is 9.67. The first-order chi connectivity index (χ1) is 7.00. The van der Waals surface area contributed by atoms with E-state index in [-0.39, 0.29) is 12.2 Å². The van der Waals surface area contributed by atoms with Gasteiger partial charge in [-0.2, -0.15) is 0 Å². The molecule has 4 nitrogen and oxygen atoms in total. The third kappa shape index (κ3) is 3.28. The van der Waals surface area contributed by atoms with Gasteiger partial charge in [-0.15, -0.1) is 0 Å². The van der Waals surface area contributed by atoms with Gasteiger partial charge < -0.3 is 15.6 Å². The smallest absolute Gasteiger partial charge is 0.335 e. The first kappa shape index (κ1) is 11.6. The highest BCUT2D eigenvalue weighted by Gasteiger charge is 2.06. The van der Waals surface area contributed by atoms with Crippen molar-refractivity contribution >= 4 is 27.6 Å². The van der Waals surface area contributed by atoms with Crippen molar-refractivity contribution in [1.82, 2.24) is 0 Å². The number of carboxylic acids is 1. The SMILES string of the molecule is C=C(Br)COc1ccc(C(=O)O)cc1N. The maximum atomic E-state index is 10.6. The summed E-state index contributed by atoms with van der Waals surface area (Å²) in [5, 5.41) is 8.70. The zero-order chi connectivity index (χ0) is 11.4. The van der Waals surface area contributed by atoms with Gasteiger partial charge in [0.05, 0.1) is 11.3 Å². The minimum atomic E-state index is -1.02. The van der Waals surface area contributed by atoms with Crippen LogP contribution in [0.3, 0.4) is 0 Å². The predicted molar refractivity (Wildman–Crippen MR) is 61.4 cm³/mol. The number of carboxylic acid groups (broad SMARTS) is 1. The van der Waals surface area contributed by atoms with Crippen molar-refractivity contribution in [1.29, 1.82) is 0 Å². The van der Waals surface area contributed by atoms with Gasteiger partial charge in [0.1, 0.15) is 12.4 Å². The van der Waals surface area contributed by atoms with E-state index in [2.05, 4.69) is 22.5 Å². The fraction of sp³-hybridized carbons (Fsp3) is 0.100. The highest BCUT2D eigenvalue weighted by molar-refractivity contribution is 9.11. The third-order valence-corrected chi connectivity index (χ3v) is 1.87. The maximum Gasteiger partial charge on any atom is 0.335 e. The van der Waals surface area contributed by atoms with Crippen LogP contribution in [0.4, 0.5) is 5.69 Å². The van der Waals surface area contributed by atoms with Crippen molar-refractivity contribution in [3.8, 4) is 5.75 Å². The van der Waals surface area contributed by atoms with Crippen LogP contribution in [-0.2, 0) is 0 Å². The summed E-state index contributed by atoms with van der Waals surface area (Å²) in [6.45, 7) is 3.89. The van der Waals surface area contributed by atoms with Crippen LogP contribution in [0.25, 0.3) is 0 Å². The molecule has 0 aromatic heterocycles. The molecule has 1 aromatic rings. The molecule has 0 unspecified atom stereocenters. The standard InChI is InChI=1S/C10H10BrNO3/c1-6(11)5-15-9-3-2-7(10(13)14)4-8(9)12/h2-4H,1,5,12H2,(H,13,14). The van der Waals surface area contributed by atoms with Crippen molar-refractivity contribution in [2.45, 2.75) is 0 Å². The molecule has 80 valence electrons. The van der Waals surface area contributed by atoms with Gasteiger partial charge in [0.25, 0.3) is 0 Å². The lowest BCUT2D eigenvalue weighted by molar-refractivity contribution is 0.0697. The molecule has 0 saturated heterocycles. The molecular formula is C10H10BrNO3. The first-order valence-corrected chi connectivity index (χ1v) is 4.89.